The fourth-order valence-corrected chi connectivity index (χ4v) is 3.95. The highest BCUT2D eigenvalue weighted by Crippen LogP contribution is 2.44. The Bertz CT molecular complexity index is 912. The van der Waals surface area contributed by atoms with Gasteiger partial charge in [0.1, 0.15) is 0 Å². The summed E-state index contributed by atoms with van der Waals surface area (Å²) in [7, 11) is 2.13. The van der Waals surface area contributed by atoms with Gasteiger partial charge in [-0.1, -0.05) is 77.9 Å². The van der Waals surface area contributed by atoms with E-state index in [0.29, 0.717) is 0 Å². The standard InChI is InChI=1S/C24H26N2.3C2H6/c1-4-25(3)20-13-15-21(16-14-20)26(5-2)23-12-8-10-19-17-18-9-6-7-11-22(18)24(19)23;3*1-2/h6-16H,4-5,17H2,1-3H3;3*1-2H3. The minimum Gasteiger partial charge on any atom is -0.375 e. The van der Waals surface area contributed by atoms with Gasteiger partial charge in [0.15, 0.2) is 0 Å². The predicted octanol–water partition coefficient (Wildman–Crippen LogP) is 8.95. The van der Waals surface area contributed by atoms with Crippen LogP contribution in [0.1, 0.15) is 66.5 Å². The highest BCUT2D eigenvalue weighted by atomic mass is 15.1. The van der Waals surface area contributed by atoms with Crippen LogP contribution in [0.4, 0.5) is 17.1 Å². The Labute approximate surface area is 197 Å². The van der Waals surface area contributed by atoms with Crippen LogP contribution >= 0.6 is 0 Å². The molecule has 3 aromatic rings. The van der Waals surface area contributed by atoms with E-state index >= 15 is 0 Å². The molecule has 0 atom stereocenters. The second kappa shape index (κ2) is 14.3. The lowest BCUT2D eigenvalue weighted by Crippen LogP contribution is -2.18. The molecular formula is C30H44N2. The largest absolute Gasteiger partial charge is 0.375 e. The molecule has 174 valence electrons. The van der Waals surface area contributed by atoms with Crippen molar-refractivity contribution in [2.75, 3.05) is 29.9 Å². The van der Waals surface area contributed by atoms with E-state index in [0.717, 1.165) is 19.5 Å². The molecular weight excluding hydrogens is 388 g/mol. The van der Waals surface area contributed by atoms with E-state index in [1.807, 2.05) is 41.5 Å². The molecule has 0 aliphatic heterocycles. The van der Waals surface area contributed by atoms with Gasteiger partial charge in [0.05, 0.1) is 0 Å². The van der Waals surface area contributed by atoms with Crippen molar-refractivity contribution in [1.29, 1.82) is 0 Å². The van der Waals surface area contributed by atoms with E-state index < -0.39 is 0 Å². The molecule has 0 heterocycles. The third-order valence-electron chi connectivity index (χ3n) is 5.48. The van der Waals surface area contributed by atoms with Gasteiger partial charge in [-0.25, -0.2) is 0 Å². The van der Waals surface area contributed by atoms with Crippen molar-refractivity contribution in [1.82, 2.24) is 0 Å². The molecule has 0 amide bonds. The van der Waals surface area contributed by atoms with Crippen LogP contribution in [0, 0.1) is 0 Å². The zero-order chi connectivity index (χ0) is 24.1. The molecule has 2 heteroatoms. The van der Waals surface area contributed by atoms with Gasteiger partial charge in [-0.3, -0.25) is 0 Å². The average molecular weight is 433 g/mol. The zero-order valence-corrected chi connectivity index (χ0v) is 21.9. The monoisotopic (exact) mass is 432 g/mol. The van der Waals surface area contributed by atoms with E-state index in [9.17, 15) is 0 Å². The van der Waals surface area contributed by atoms with Gasteiger partial charge in [0, 0.05) is 42.8 Å². The second-order valence-corrected chi connectivity index (χ2v) is 6.92. The first kappa shape index (κ1) is 27.3. The summed E-state index contributed by atoms with van der Waals surface area (Å²) in [6.07, 6.45) is 1.04. The summed E-state index contributed by atoms with van der Waals surface area (Å²) < 4.78 is 0. The Morgan fingerprint density at radius 1 is 0.625 bits per heavy atom. The smallest absolute Gasteiger partial charge is 0.0493 e. The minimum atomic E-state index is 0.946. The summed E-state index contributed by atoms with van der Waals surface area (Å²) in [5.74, 6) is 0. The van der Waals surface area contributed by atoms with Gasteiger partial charge in [-0.05, 0) is 67.3 Å². The van der Waals surface area contributed by atoms with Crippen molar-refractivity contribution in [2.45, 2.75) is 61.8 Å². The quantitative estimate of drug-likeness (QED) is 0.310. The molecule has 0 radical (unpaired) electrons. The Morgan fingerprint density at radius 3 is 1.78 bits per heavy atom. The Balaban J connectivity index is 0.000000789. The number of hydrogen-bond acceptors (Lipinski definition) is 2. The van der Waals surface area contributed by atoms with E-state index in [4.69, 9.17) is 0 Å². The van der Waals surface area contributed by atoms with Crippen LogP contribution < -0.4 is 9.80 Å². The lowest BCUT2D eigenvalue weighted by molar-refractivity contribution is 0.966. The summed E-state index contributed by atoms with van der Waals surface area (Å²) in [6, 6.07) is 24.5. The molecule has 0 spiro atoms. The first-order valence-corrected chi connectivity index (χ1v) is 12.5. The average Bonchev–Trinajstić information content (AvgIpc) is 3.27. The van der Waals surface area contributed by atoms with Gasteiger partial charge < -0.3 is 9.80 Å². The third kappa shape index (κ3) is 5.94. The molecule has 0 fully saturated rings. The lowest BCUT2D eigenvalue weighted by atomic mass is 10.0. The Morgan fingerprint density at radius 2 is 1.19 bits per heavy atom. The topological polar surface area (TPSA) is 6.48 Å². The fraction of sp³-hybridized carbons (Fsp3) is 0.400. The molecule has 3 aromatic carbocycles. The van der Waals surface area contributed by atoms with Crippen LogP contribution in [0.2, 0.25) is 0 Å². The van der Waals surface area contributed by atoms with Crippen molar-refractivity contribution in [3.05, 3.63) is 77.9 Å². The van der Waals surface area contributed by atoms with Gasteiger partial charge in [0.2, 0.25) is 0 Å². The predicted molar refractivity (Wildman–Crippen MR) is 147 cm³/mol. The SMILES string of the molecule is CC.CC.CC.CCN(C)c1ccc(N(CC)c2cccc3c2-c2ccccc2C3)cc1. The van der Waals surface area contributed by atoms with E-state index in [1.165, 1.54) is 39.3 Å². The maximum Gasteiger partial charge on any atom is 0.0493 e. The molecule has 0 saturated carbocycles. The summed E-state index contributed by atoms with van der Waals surface area (Å²) in [6.45, 7) is 18.4. The number of benzene rings is 3. The maximum absolute atomic E-state index is 2.43. The summed E-state index contributed by atoms with van der Waals surface area (Å²) in [5, 5.41) is 0. The van der Waals surface area contributed by atoms with Gasteiger partial charge in [-0.15, -0.1) is 0 Å². The molecule has 0 aromatic heterocycles. The zero-order valence-electron chi connectivity index (χ0n) is 21.9. The number of anilines is 3. The first-order chi connectivity index (χ1) is 15.7. The molecule has 1 aliphatic rings. The van der Waals surface area contributed by atoms with Crippen molar-refractivity contribution in [3.63, 3.8) is 0 Å². The maximum atomic E-state index is 2.43. The molecule has 0 N–H and O–H groups in total. The molecule has 4 rings (SSSR count). The molecule has 0 unspecified atom stereocenters. The van der Waals surface area contributed by atoms with E-state index in [2.05, 4.69) is 97.4 Å². The van der Waals surface area contributed by atoms with Crippen molar-refractivity contribution >= 4 is 17.1 Å². The van der Waals surface area contributed by atoms with Gasteiger partial charge in [0.25, 0.3) is 0 Å². The van der Waals surface area contributed by atoms with E-state index in [-0.39, 0.29) is 0 Å². The summed E-state index contributed by atoms with van der Waals surface area (Å²) in [5.41, 5.74) is 9.48. The highest BCUT2D eigenvalue weighted by Gasteiger charge is 2.23. The third-order valence-corrected chi connectivity index (χ3v) is 5.48. The molecule has 2 nitrogen and oxygen atoms in total. The molecule has 0 saturated heterocycles. The number of nitrogens with zero attached hydrogens (tertiary/aromatic N) is 2. The minimum absolute atomic E-state index is 0.946. The fourth-order valence-electron chi connectivity index (χ4n) is 3.95. The van der Waals surface area contributed by atoms with Gasteiger partial charge >= 0.3 is 0 Å². The van der Waals surface area contributed by atoms with Gasteiger partial charge in [-0.2, -0.15) is 0 Å². The van der Waals surface area contributed by atoms with Crippen molar-refractivity contribution < 1.29 is 0 Å². The molecule has 32 heavy (non-hydrogen) atoms. The van der Waals surface area contributed by atoms with Crippen LogP contribution in [0.15, 0.2) is 66.7 Å². The highest BCUT2D eigenvalue weighted by molar-refractivity contribution is 5.89. The summed E-state index contributed by atoms with van der Waals surface area (Å²) >= 11 is 0. The number of fused-ring (bicyclic) bond motifs is 3. The number of rotatable bonds is 5. The second-order valence-electron chi connectivity index (χ2n) is 6.92. The number of hydrogen-bond donors (Lipinski definition) is 0. The van der Waals surface area contributed by atoms with Crippen LogP contribution in [0.5, 0.6) is 0 Å². The van der Waals surface area contributed by atoms with Crippen LogP contribution in [0.25, 0.3) is 11.1 Å². The van der Waals surface area contributed by atoms with Crippen LogP contribution in [0.3, 0.4) is 0 Å². The lowest BCUT2D eigenvalue weighted by Gasteiger charge is -2.27. The Hall–Kier alpha value is -2.74. The normalized spacial score (nSPS) is 10.2. The first-order valence-electron chi connectivity index (χ1n) is 12.5. The molecule has 1 aliphatic carbocycles. The molecule has 0 bridgehead atoms. The van der Waals surface area contributed by atoms with Crippen LogP contribution in [-0.4, -0.2) is 20.1 Å². The Kier molecular flexibility index (Phi) is 12.2. The van der Waals surface area contributed by atoms with Crippen molar-refractivity contribution in [2.24, 2.45) is 0 Å². The van der Waals surface area contributed by atoms with E-state index in [1.54, 1.807) is 0 Å². The summed E-state index contributed by atoms with van der Waals surface area (Å²) in [4.78, 5) is 4.69. The van der Waals surface area contributed by atoms with Crippen molar-refractivity contribution in [3.8, 4) is 11.1 Å². The van der Waals surface area contributed by atoms with Crippen LogP contribution in [-0.2, 0) is 6.42 Å².